The monoisotopic (exact) mass is 343 g/mol. The molecular weight excluding hydrogens is 322 g/mol. The molecule has 2 heterocycles. The molecule has 130 valence electrons. The maximum absolute atomic E-state index is 5.22. The van der Waals surface area contributed by atoms with Crippen LogP contribution in [0.5, 0.6) is 0 Å². The fourth-order valence-corrected chi connectivity index (χ4v) is 3.10. The van der Waals surface area contributed by atoms with Gasteiger partial charge in [-0.3, -0.25) is 4.98 Å². The minimum absolute atomic E-state index is 0.588. The molecule has 0 bridgehead atoms. The third kappa shape index (κ3) is 3.23. The first kappa shape index (κ1) is 16.5. The first-order valence-corrected chi connectivity index (χ1v) is 9.09. The minimum atomic E-state index is 0.588. The normalized spacial score (nSPS) is 11.2. The summed E-state index contributed by atoms with van der Waals surface area (Å²) in [4.78, 5) is 8.94. The molecule has 0 fully saturated rings. The standard InChI is InChI=1S/C22H21N3O/c1-3-5-15-6-8-16(9-7-15)17-10-11-20-18(12-17)13-19(14-23-20)22-24-21(4-2)26-25-22/h6-14H,3-5H2,1-2H3. The SMILES string of the molecule is CCCc1ccc(-c2ccc3ncc(-c4noc(CC)n4)cc3c2)cc1. The number of rotatable bonds is 5. The molecule has 0 saturated heterocycles. The number of pyridine rings is 1. The summed E-state index contributed by atoms with van der Waals surface area (Å²) in [6, 6.07) is 17.2. The summed E-state index contributed by atoms with van der Waals surface area (Å²) in [6.07, 6.45) is 4.81. The van der Waals surface area contributed by atoms with E-state index in [4.69, 9.17) is 4.52 Å². The van der Waals surface area contributed by atoms with E-state index >= 15 is 0 Å². The first-order chi connectivity index (χ1) is 12.8. The summed E-state index contributed by atoms with van der Waals surface area (Å²) in [5.41, 5.74) is 5.60. The van der Waals surface area contributed by atoms with Crippen molar-refractivity contribution in [1.82, 2.24) is 15.1 Å². The van der Waals surface area contributed by atoms with E-state index in [2.05, 4.69) is 70.6 Å². The van der Waals surface area contributed by atoms with Gasteiger partial charge in [-0.15, -0.1) is 0 Å². The molecule has 2 aromatic carbocycles. The fraction of sp³-hybridized carbons (Fsp3) is 0.227. The van der Waals surface area contributed by atoms with Crippen molar-refractivity contribution in [1.29, 1.82) is 0 Å². The Morgan fingerprint density at radius 3 is 2.38 bits per heavy atom. The lowest BCUT2D eigenvalue weighted by Crippen LogP contribution is -1.87. The van der Waals surface area contributed by atoms with E-state index in [1.807, 2.05) is 6.92 Å². The number of benzene rings is 2. The smallest absolute Gasteiger partial charge is 0.226 e. The first-order valence-electron chi connectivity index (χ1n) is 9.09. The molecule has 0 atom stereocenters. The molecule has 26 heavy (non-hydrogen) atoms. The Morgan fingerprint density at radius 1 is 0.885 bits per heavy atom. The number of aromatic nitrogens is 3. The van der Waals surface area contributed by atoms with E-state index in [-0.39, 0.29) is 0 Å². The molecule has 0 aliphatic rings. The van der Waals surface area contributed by atoms with Gasteiger partial charge in [0.05, 0.1) is 5.52 Å². The summed E-state index contributed by atoms with van der Waals surface area (Å²) >= 11 is 0. The third-order valence-electron chi connectivity index (χ3n) is 4.54. The lowest BCUT2D eigenvalue weighted by Gasteiger charge is -2.06. The second-order valence-corrected chi connectivity index (χ2v) is 6.44. The predicted molar refractivity (Wildman–Crippen MR) is 104 cm³/mol. The number of fused-ring (bicyclic) bond motifs is 1. The average molecular weight is 343 g/mol. The van der Waals surface area contributed by atoms with Crippen molar-refractivity contribution < 1.29 is 4.52 Å². The van der Waals surface area contributed by atoms with Crippen LogP contribution in [0.1, 0.15) is 31.7 Å². The third-order valence-corrected chi connectivity index (χ3v) is 4.54. The molecule has 0 aliphatic heterocycles. The summed E-state index contributed by atoms with van der Waals surface area (Å²) in [6.45, 7) is 4.20. The molecule has 0 amide bonds. The topological polar surface area (TPSA) is 51.8 Å². The lowest BCUT2D eigenvalue weighted by molar-refractivity contribution is 0.383. The Kier molecular flexibility index (Phi) is 4.48. The average Bonchev–Trinajstić information content (AvgIpc) is 3.17. The van der Waals surface area contributed by atoms with Crippen molar-refractivity contribution >= 4 is 10.9 Å². The highest BCUT2D eigenvalue weighted by Crippen LogP contribution is 2.26. The second kappa shape index (κ2) is 7.08. The number of nitrogens with zero attached hydrogens (tertiary/aromatic N) is 3. The summed E-state index contributed by atoms with van der Waals surface area (Å²) in [5, 5.41) is 5.12. The molecule has 4 nitrogen and oxygen atoms in total. The predicted octanol–water partition coefficient (Wildman–Crippen LogP) is 5.47. The van der Waals surface area contributed by atoms with Gasteiger partial charge in [0.15, 0.2) is 0 Å². The zero-order valence-corrected chi connectivity index (χ0v) is 15.1. The van der Waals surface area contributed by atoms with Crippen molar-refractivity contribution in [2.75, 3.05) is 0 Å². The van der Waals surface area contributed by atoms with E-state index in [0.29, 0.717) is 11.7 Å². The zero-order chi connectivity index (χ0) is 17.9. The van der Waals surface area contributed by atoms with Crippen LogP contribution < -0.4 is 0 Å². The fourth-order valence-electron chi connectivity index (χ4n) is 3.10. The van der Waals surface area contributed by atoms with Gasteiger partial charge >= 0.3 is 0 Å². The van der Waals surface area contributed by atoms with Gasteiger partial charge in [-0.05, 0) is 41.3 Å². The lowest BCUT2D eigenvalue weighted by atomic mass is 10.0. The summed E-state index contributed by atoms with van der Waals surface area (Å²) < 4.78 is 5.22. The zero-order valence-electron chi connectivity index (χ0n) is 15.1. The molecule has 4 rings (SSSR count). The van der Waals surface area contributed by atoms with E-state index in [1.54, 1.807) is 6.20 Å². The maximum atomic E-state index is 5.22. The Morgan fingerprint density at radius 2 is 1.65 bits per heavy atom. The Bertz CT molecular complexity index is 1030. The van der Waals surface area contributed by atoms with Gasteiger partial charge in [0.25, 0.3) is 0 Å². The van der Waals surface area contributed by atoms with Crippen LogP contribution in [-0.2, 0) is 12.8 Å². The molecule has 0 spiro atoms. The van der Waals surface area contributed by atoms with Crippen molar-refractivity contribution in [3.8, 4) is 22.5 Å². The Labute approximate surface area is 152 Å². The van der Waals surface area contributed by atoms with Gasteiger partial charge < -0.3 is 4.52 Å². The van der Waals surface area contributed by atoms with Crippen molar-refractivity contribution in [3.05, 3.63) is 66.2 Å². The van der Waals surface area contributed by atoms with Crippen LogP contribution in [0.25, 0.3) is 33.4 Å². The van der Waals surface area contributed by atoms with E-state index in [0.717, 1.165) is 29.3 Å². The van der Waals surface area contributed by atoms with Crippen molar-refractivity contribution in [2.24, 2.45) is 0 Å². The summed E-state index contributed by atoms with van der Waals surface area (Å²) in [5.74, 6) is 1.23. The van der Waals surface area contributed by atoms with E-state index in [1.165, 1.54) is 23.1 Å². The molecule has 0 N–H and O–H groups in total. The van der Waals surface area contributed by atoms with Crippen LogP contribution in [0.4, 0.5) is 0 Å². The highest BCUT2D eigenvalue weighted by atomic mass is 16.5. The van der Waals surface area contributed by atoms with Crippen LogP contribution in [0.15, 0.2) is 59.3 Å². The van der Waals surface area contributed by atoms with Gasteiger partial charge in [-0.25, -0.2) is 0 Å². The molecule has 0 saturated carbocycles. The molecule has 0 unspecified atom stereocenters. The Hall–Kier alpha value is -3.01. The van der Waals surface area contributed by atoms with Crippen LogP contribution in [0, 0.1) is 0 Å². The summed E-state index contributed by atoms with van der Waals surface area (Å²) in [7, 11) is 0. The maximum Gasteiger partial charge on any atom is 0.226 e. The number of aryl methyl sites for hydroxylation is 2. The largest absolute Gasteiger partial charge is 0.339 e. The highest BCUT2D eigenvalue weighted by molar-refractivity contribution is 5.87. The van der Waals surface area contributed by atoms with Crippen molar-refractivity contribution in [3.63, 3.8) is 0 Å². The van der Waals surface area contributed by atoms with Gasteiger partial charge in [0, 0.05) is 23.6 Å². The van der Waals surface area contributed by atoms with E-state index in [9.17, 15) is 0 Å². The van der Waals surface area contributed by atoms with Crippen LogP contribution in [0.2, 0.25) is 0 Å². The van der Waals surface area contributed by atoms with Crippen molar-refractivity contribution in [2.45, 2.75) is 33.1 Å². The second-order valence-electron chi connectivity index (χ2n) is 6.44. The van der Waals surface area contributed by atoms with Gasteiger partial charge in [-0.2, -0.15) is 4.98 Å². The number of hydrogen-bond acceptors (Lipinski definition) is 4. The number of hydrogen-bond donors (Lipinski definition) is 0. The molecule has 4 aromatic rings. The molecule has 0 aliphatic carbocycles. The molecule has 0 radical (unpaired) electrons. The van der Waals surface area contributed by atoms with Gasteiger partial charge in [0.2, 0.25) is 11.7 Å². The van der Waals surface area contributed by atoms with Crippen LogP contribution in [0.3, 0.4) is 0 Å². The molecule has 2 aromatic heterocycles. The van der Waals surface area contributed by atoms with Crippen LogP contribution in [-0.4, -0.2) is 15.1 Å². The minimum Gasteiger partial charge on any atom is -0.339 e. The molecular formula is C22H21N3O. The van der Waals surface area contributed by atoms with Gasteiger partial charge in [0.1, 0.15) is 0 Å². The van der Waals surface area contributed by atoms with Gasteiger partial charge in [-0.1, -0.05) is 55.8 Å². The quantitative estimate of drug-likeness (QED) is 0.482. The van der Waals surface area contributed by atoms with Crippen LogP contribution >= 0.6 is 0 Å². The highest BCUT2D eigenvalue weighted by Gasteiger charge is 2.09. The molecule has 4 heteroatoms. The van der Waals surface area contributed by atoms with E-state index < -0.39 is 0 Å². The Balaban J connectivity index is 1.71.